The van der Waals surface area contributed by atoms with E-state index >= 15 is 0 Å². The molecule has 142 valence electrons. The third-order valence-electron chi connectivity index (χ3n) is 4.09. The van der Waals surface area contributed by atoms with E-state index in [1.807, 2.05) is 0 Å². The number of carbonyl (C=O) groups is 2. The molecular weight excluding hydrogens is 366 g/mol. The van der Waals surface area contributed by atoms with Gasteiger partial charge < -0.3 is 5.32 Å². The number of aromatic nitrogens is 2. The van der Waals surface area contributed by atoms with Crippen molar-refractivity contribution >= 4 is 11.7 Å². The maximum Gasteiger partial charge on any atom is 0.419 e. The minimum atomic E-state index is -4.82. The minimum absolute atomic E-state index is 0.00162. The van der Waals surface area contributed by atoms with Crippen LogP contribution >= 0.6 is 0 Å². The first kappa shape index (κ1) is 18.9. The lowest BCUT2D eigenvalue weighted by atomic mass is 10.1. The number of halogens is 4. The summed E-state index contributed by atoms with van der Waals surface area (Å²) in [5.41, 5.74) is -1.30. The van der Waals surface area contributed by atoms with Gasteiger partial charge in [0, 0.05) is 18.7 Å². The molecule has 0 saturated heterocycles. The van der Waals surface area contributed by atoms with Crippen molar-refractivity contribution in [2.75, 3.05) is 0 Å². The first-order chi connectivity index (χ1) is 12.7. The lowest BCUT2D eigenvalue weighted by Gasteiger charge is -2.11. The quantitative estimate of drug-likeness (QED) is 0.781. The van der Waals surface area contributed by atoms with Crippen LogP contribution in [0.4, 0.5) is 17.6 Å². The Labute approximate surface area is 151 Å². The SMILES string of the molecule is O=C(NCc1ccc(F)c(C(F)(F)F)c1)c1ccnc(CC(=O)C2CC2)n1. The van der Waals surface area contributed by atoms with E-state index in [4.69, 9.17) is 0 Å². The monoisotopic (exact) mass is 381 g/mol. The van der Waals surface area contributed by atoms with Crippen LogP contribution in [0.1, 0.15) is 40.3 Å². The van der Waals surface area contributed by atoms with Crippen LogP contribution in [0.25, 0.3) is 0 Å². The molecule has 1 aliphatic rings. The molecule has 0 atom stereocenters. The van der Waals surface area contributed by atoms with Gasteiger partial charge in [-0.3, -0.25) is 9.59 Å². The molecule has 0 radical (unpaired) electrons. The zero-order valence-electron chi connectivity index (χ0n) is 14.0. The number of rotatable bonds is 6. The van der Waals surface area contributed by atoms with Crippen molar-refractivity contribution in [1.82, 2.24) is 15.3 Å². The fraction of sp³-hybridized carbons (Fsp3) is 0.333. The molecule has 1 amide bonds. The van der Waals surface area contributed by atoms with Gasteiger partial charge in [-0.1, -0.05) is 6.07 Å². The number of carbonyl (C=O) groups excluding carboxylic acids is 2. The van der Waals surface area contributed by atoms with E-state index in [1.165, 1.54) is 12.3 Å². The molecular formula is C18H15F4N3O2. The number of benzene rings is 1. The normalized spacial score (nSPS) is 14.1. The van der Waals surface area contributed by atoms with Gasteiger partial charge in [-0.2, -0.15) is 13.2 Å². The van der Waals surface area contributed by atoms with Crippen molar-refractivity contribution in [3.05, 3.63) is 58.9 Å². The molecule has 5 nitrogen and oxygen atoms in total. The molecule has 27 heavy (non-hydrogen) atoms. The summed E-state index contributed by atoms with van der Waals surface area (Å²) in [6.07, 6.45) is -1.72. The average molecular weight is 381 g/mol. The van der Waals surface area contributed by atoms with E-state index in [0.717, 1.165) is 18.9 Å². The van der Waals surface area contributed by atoms with Gasteiger partial charge >= 0.3 is 6.18 Å². The van der Waals surface area contributed by atoms with Crippen LogP contribution in [0.5, 0.6) is 0 Å². The average Bonchev–Trinajstić information content (AvgIpc) is 3.45. The third kappa shape index (κ3) is 4.87. The van der Waals surface area contributed by atoms with E-state index in [0.29, 0.717) is 12.1 Å². The Bertz CT molecular complexity index is 879. The molecule has 0 aliphatic heterocycles. The van der Waals surface area contributed by atoms with Crippen LogP contribution < -0.4 is 5.32 Å². The number of amides is 1. The first-order valence-corrected chi connectivity index (χ1v) is 8.22. The molecule has 2 aromatic rings. The molecule has 1 aromatic carbocycles. The van der Waals surface area contributed by atoms with Gasteiger partial charge in [-0.15, -0.1) is 0 Å². The van der Waals surface area contributed by atoms with E-state index in [-0.39, 0.29) is 41.7 Å². The first-order valence-electron chi connectivity index (χ1n) is 8.22. The lowest BCUT2D eigenvalue weighted by Crippen LogP contribution is -2.25. The Hall–Kier alpha value is -2.84. The van der Waals surface area contributed by atoms with Crippen molar-refractivity contribution in [3.8, 4) is 0 Å². The van der Waals surface area contributed by atoms with Gasteiger partial charge in [-0.05, 0) is 36.6 Å². The summed E-state index contributed by atoms with van der Waals surface area (Å²) in [6, 6.07) is 3.85. The van der Waals surface area contributed by atoms with E-state index in [1.54, 1.807) is 0 Å². The number of Topliss-reactive ketones (excluding diaryl/α,β-unsaturated/α-hetero) is 1. The molecule has 0 spiro atoms. The molecule has 1 aliphatic carbocycles. The zero-order valence-corrected chi connectivity index (χ0v) is 14.0. The second kappa shape index (κ2) is 7.42. The van der Waals surface area contributed by atoms with Crippen LogP contribution in [0.15, 0.2) is 30.5 Å². The number of hydrogen-bond donors (Lipinski definition) is 1. The maximum atomic E-state index is 13.3. The van der Waals surface area contributed by atoms with Crippen LogP contribution in [-0.2, 0) is 23.9 Å². The Morgan fingerprint density at radius 3 is 2.59 bits per heavy atom. The topological polar surface area (TPSA) is 72.0 Å². The minimum Gasteiger partial charge on any atom is -0.347 e. The lowest BCUT2D eigenvalue weighted by molar-refractivity contribution is -0.140. The van der Waals surface area contributed by atoms with Gasteiger partial charge in [0.25, 0.3) is 5.91 Å². The van der Waals surface area contributed by atoms with Crippen molar-refractivity contribution < 1.29 is 27.2 Å². The molecule has 1 saturated carbocycles. The highest BCUT2D eigenvalue weighted by Gasteiger charge is 2.34. The summed E-state index contributed by atoms with van der Waals surface area (Å²) in [5.74, 6) is -1.71. The highest BCUT2D eigenvalue weighted by atomic mass is 19.4. The van der Waals surface area contributed by atoms with Crippen LogP contribution in [0.3, 0.4) is 0 Å². The van der Waals surface area contributed by atoms with Crippen molar-refractivity contribution in [1.29, 1.82) is 0 Å². The summed E-state index contributed by atoms with van der Waals surface area (Å²) >= 11 is 0. The van der Waals surface area contributed by atoms with Crippen molar-refractivity contribution in [2.24, 2.45) is 5.92 Å². The van der Waals surface area contributed by atoms with Gasteiger partial charge in [-0.25, -0.2) is 14.4 Å². The molecule has 1 aromatic heterocycles. The summed E-state index contributed by atoms with van der Waals surface area (Å²) in [6.45, 7) is -0.234. The standard InChI is InChI=1S/C18H15F4N3O2/c19-13-4-1-10(7-12(13)18(20,21)22)9-24-17(27)14-5-6-23-16(25-14)8-15(26)11-2-3-11/h1,4-7,11H,2-3,8-9H2,(H,24,27). The fourth-order valence-corrected chi connectivity index (χ4v) is 2.49. The van der Waals surface area contributed by atoms with Crippen molar-refractivity contribution in [2.45, 2.75) is 32.0 Å². The number of ketones is 1. The Balaban J connectivity index is 1.65. The number of nitrogens with one attached hydrogen (secondary N) is 1. The molecule has 0 unspecified atom stereocenters. The molecule has 1 fully saturated rings. The Morgan fingerprint density at radius 2 is 1.93 bits per heavy atom. The van der Waals surface area contributed by atoms with Crippen LogP contribution in [0, 0.1) is 11.7 Å². The highest BCUT2D eigenvalue weighted by Crippen LogP contribution is 2.32. The Kier molecular flexibility index (Phi) is 5.20. The predicted molar refractivity (Wildman–Crippen MR) is 86.0 cm³/mol. The summed E-state index contributed by atoms with van der Waals surface area (Å²) in [7, 11) is 0. The zero-order chi connectivity index (χ0) is 19.6. The molecule has 9 heteroatoms. The number of alkyl halides is 3. The second-order valence-corrected chi connectivity index (χ2v) is 6.27. The Morgan fingerprint density at radius 1 is 1.19 bits per heavy atom. The summed E-state index contributed by atoms with van der Waals surface area (Å²) in [5, 5.41) is 2.43. The molecule has 1 N–H and O–H groups in total. The van der Waals surface area contributed by atoms with Gasteiger partial charge in [0.1, 0.15) is 23.1 Å². The number of hydrogen-bond acceptors (Lipinski definition) is 4. The molecule has 3 rings (SSSR count). The van der Waals surface area contributed by atoms with Gasteiger partial charge in [0.05, 0.1) is 12.0 Å². The molecule has 1 heterocycles. The van der Waals surface area contributed by atoms with Gasteiger partial charge in [0.15, 0.2) is 0 Å². The smallest absolute Gasteiger partial charge is 0.347 e. The largest absolute Gasteiger partial charge is 0.419 e. The molecule has 0 bridgehead atoms. The van der Waals surface area contributed by atoms with E-state index in [9.17, 15) is 27.2 Å². The van der Waals surface area contributed by atoms with Crippen LogP contribution in [-0.4, -0.2) is 21.7 Å². The van der Waals surface area contributed by atoms with Crippen LogP contribution in [0.2, 0.25) is 0 Å². The maximum absolute atomic E-state index is 13.3. The third-order valence-corrected chi connectivity index (χ3v) is 4.09. The summed E-state index contributed by atoms with van der Waals surface area (Å²) in [4.78, 5) is 32.0. The van der Waals surface area contributed by atoms with E-state index in [2.05, 4.69) is 15.3 Å². The second-order valence-electron chi connectivity index (χ2n) is 6.27. The summed E-state index contributed by atoms with van der Waals surface area (Å²) < 4.78 is 51.5. The van der Waals surface area contributed by atoms with Crippen molar-refractivity contribution in [3.63, 3.8) is 0 Å². The fourth-order valence-electron chi connectivity index (χ4n) is 2.49. The van der Waals surface area contributed by atoms with Gasteiger partial charge in [0.2, 0.25) is 0 Å². The predicted octanol–water partition coefficient (Wildman–Crippen LogP) is 3.09. The number of nitrogens with zero attached hydrogens (tertiary/aromatic N) is 2. The highest BCUT2D eigenvalue weighted by molar-refractivity contribution is 5.92. The van der Waals surface area contributed by atoms with E-state index < -0.39 is 23.5 Å².